The highest BCUT2D eigenvalue weighted by atomic mass is 79.9. The summed E-state index contributed by atoms with van der Waals surface area (Å²) < 4.78 is 0.959. The van der Waals surface area contributed by atoms with E-state index in [1.165, 1.54) is 0 Å². The summed E-state index contributed by atoms with van der Waals surface area (Å²) in [6.45, 7) is 0. The zero-order valence-electron chi connectivity index (χ0n) is 11.6. The molecule has 0 bridgehead atoms. The molecule has 0 radical (unpaired) electrons. The van der Waals surface area contributed by atoms with Gasteiger partial charge in [0.25, 0.3) is 0 Å². The third-order valence-corrected chi connectivity index (χ3v) is 4.38. The van der Waals surface area contributed by atoms with E-state index in [1.54, 1.807) is 24.5 Å². The molecule has 0 saturated carbocycles. The molecule has 0 fully saturated rings. The third kappa shape index (κ3) is 2.80. The zero-order chi connectivity index (χ0) is 15.6. The fourth-order valence-corrected chi connectivity index (χ4v) is 2.85. The zero-order valence-corrected chi connectivity index (χ0v) is 13.9. The Morgan fingerprint density at radius 1 is 0.864 bits per heavy atom. The summed E-state index contributed by atoms with van der Waals surface area (Å²) in [5.41, 5.74) is 0.942. The standard InChI is InChI=1S/C18H13BrClNO/c19-16-7-3-13(4-8-16)18(22,15-2-1-11-21-12-15)14-5-9-17(20)10-6-14/h1-12,22H/t18-/m1/s1. The van der Waals surface area contributed by atoms with Gasteiger partial charge in [0.2, 0.25) is 0 Å². The minimum atomic E-state index is -1.28. The number of rotatable bonds is 3. The van der Waals surface area contributed by atoms with Crippen LogP contribution in [0.5, 0.6) is 0 Å². The van der Waals surface area contributed by atoms with E-state index in [0.29, 0.717) is 10.6 Å². The van der Waals surface area contributed by atoms with Crippen LogP contribution >= 0.6 is 27.5 Å². The molecule has 2 nitrogen and oxygen atoms in total. The molecule has 1 N–H and O–H groups in total. The Morgan fingerprint density at radius 2 is 1.45 bits per heavy atom. The topological polar surface area (TPSA) is 33.1 Å². The van der Waals surface area contributed by atoms with Crippen molar-refractivity contribution in [2.24, 2.45) is 0 Å². The van der Waals surface area contributed by atoms with Crippen LogP contribution in [-0.4, -0.2) is 10.1 Å². The van der Waals surface area contributed by atoms with Crippen molar-refractivity contribution in [1.29, 1.82) is 0 Å². The number of aliphatic hydroxyl groups is 1. The smallest absolute Gasteiger partial charge is 0.142 e. The van der Waals surface area contributed by atoms with Gasteiger partial charge in [0.15, 0.2) is 0 Å². The molecule has 0 spiro atoms. The van der Waals surface area contributed by atoms with Crippen molar-refractivity contribution in [3.05, 3.63) is 99.2 Å². The molecule has 0 unspecified atom stereocenters. The highest BCUT2D eigenvalue weighted by molar-refractivity contribution is 9.10. The lowest BCUT2D eigenvalue weighted by atomic mass is 9.81. The summed E-state index contributed by atoms with van der Waals surface area (Å²) in [7, 11) is 0. The van der Waals surface area contributed by atoms with Gasteiger partial charge < -0.3 is 5.11 Å². The maximum absolute atomic E-state index is 11.5. The predicted octanol–water partition coefficient (Wildman–Crippen LogP) is 4.78. The highest BCUT2D eigenvalue weighted by Crippen LogP contribution is 2.37. The molecule has 22 heavy (non-hydrogen) atoms. The van der Waals surface area contributed by atoms with Crippen molar-refractivity contribution in [3.8, 4) is 0 Å². The van der Waals surface area contributed by atoms with E-state index in [0.717, 1.165) is 15.6 Å². The molecule has 0 amide bonds. The van der Waals surface area contributed by atoms with Crippen LogP contribution in [0.1, 0.15) is 16.7 Å². The molecule has 3 aromatic rings. The number of hydrogen-bond acceptors (Lipinski definition) is 2. The molecular formula is C18H13BrClNO. The van der Waals surface area contributed by atoms with Crippen LogP contribution < -0.4 is 0 Å². The normalized spacial score (nSPS) is 13.6. The Morgan fingerprint density at radius 3 is 2.00 bits per heavy atom. The molecular weight excluding hydrogens is 362 g/mol. The summed E-state index contributed by atoms with van der Waals surface area (Å²) in [4.78, 5) is 4.14. The largest absolute Gasteiger partial charge is 0.376 e. The number of hydrogen-bond donors (Lipinski definition) is 1. The fourth-order valence-electron chi connectivity index (χ4n) is 2.46. The molecule has 0 saturated heterocycles. The van der Waals surface area contributed by atoms with Crippen molar-refractivity contribution in [2.75, 3.05) is 0 Å². The highest BCUT2D eigenvalue weighted by Gasteiger charge is 2.33. The van der Waals surface area contributed by atoms with E-state index in [1.807, 2.05) is 48.5 Å². The SMILES string of the molecule is O[C@@](c1ccc(Cl)cc1)(c1ccc(Br)cc1)c1cccnc1. The Kier molecular flexibility index (Phi) is 4.30. The van der Waals surface area contributed by atoms with Crippen LogP contribution in [0.15, 0.2) is 77.5 Å². The molecule has 1 aromatic heterocycles. The van der Waals surface area contributed by atoms with Crippen molar-refractivity contribution >= 4 is 27.5 Å². The van der Waals surface area contributed by atoms with Crippen LogP contribution in [0.3, 0.4) is 0 Å². The Labute approximate surface area is 142 Å². The molecule has 0 aliphatic heterocycles. The van der Waals surface area contributed by atoms with Gasteiger partial charge in [-0.3, -0.25) is 4.98 Å². The van der Waals surface area contributed by atoms with Gasteiger partial charge in [0.05, 0.1) is 0 Å². The summed E-state index contributed by atoms with van der Waals surface area (Å²) in [5, 5.41) is 12.1. The molecule has 110 valence electrons. The average Bonchev–Trinajstić information content (AvgIpc) is 2.56. The van der Waals surface area contributed by atoms with E-state index >= 15 is 0 Å². The summed E-state index contributed by atoms with van der Waals surface area (Å²) in [5.74, 6) is 0. The van der Waals surface area contributed by atoms with Gasteiger partial charge in [-0.25, -0.2) is 0 Å². The molecule has 1 atom stereocenters. The first-order valence-corrected chi connectivity index (χ1v) is 7.93. The maximum atomic E-state index is 11.5. The van der Waals surface area contributed by atoms with Crippen molar-refractivity contribution in [1.82, 2.24) is 4.98 Å². The second kappa shape index (κ2) is 6.21. The molecule has 1 heterocycles. The van der Waals surface area contributed by atoms with Gasteiger partial charge >= 0.3 is 0 Å². The monoisotopic (exact) mass is 373 g/mol. The van der Waals surface area contributed by atoms with E-state index in [9.17, 15) is 5.11 Å². The number of nitrogens with zero attached hydrogens (tertiary/aromatic N) is 1. The van der Waals surface area contributed by atoms with Crippen molar-refractivity contribution in [2.45, 2.75) is 5.60 Å². The quantitative estimate of drug-likeness (QED) is 0.715. The minimum Gasteiger partial charge on any atom is -0.376 e. The van der Waals surface area contributed by atoms with Gasteiger partial charge in [-0.2, -0.15) is 0 Å². The molecule has 4 heteroatoms. The molecule has 0 aliphatic carbocycles. The maximum Gasteiger partial charge on any atom is 0.142 e. The molecule has 3 rings (SSSR count). The summed E-state index contributed by atoms with van der Waals surface area (Å²) in [6.07, 6.45) is 3.37. The number of benzene rings is 2. The predicted molar refractivity (Wildman–Crippen MR) is 91.9 cm³/mol. The van der Waals surface area contributed by atoms with Gasteiger partial charge in [-0.15, -0.1) is 0 Å². The summed E-state index contributed by atoms with van der Waals surface area (Å²) in [6, 6.07) is 18.5. The van der Waals surface area contributed by atoms with Gasteiger partial charge in [0, 0.05) is 27.5 Å². The van der Waals surface area contributed by atoms with Crippen molar-refractivity contribution in [3.63, 3.8) is 0 Å². The van der Waals surface area contributed by atoms with Crippen LogP contribution in [0.25, 0.3) is 0 Å². The molecule has 0 aliphatic rings. The first kappa shape index (κ1) is 15.2. The number of halogens is 2. The lowest BCUT2D eigenvalue weighted by Gasteiger charge is -2.29. The average molecular weight is 375 g/mol. The lowest BCUT2D eigenvalue weighted by Crippen LogP contribution is -2.28. The lowest BCUT2D eigenvalue weighted by molar-refractivity contribution is 0.125. The van der Waals surface area contributed by atoms with Crippen LogP contribution in [0, 0.1) is 0 Å². The van der Waals surface area contributed by atoms with E-state index in [4.69, 9.17) is 11.6 Å². The fraction of sp³-hybridized carbons (Fsp3) is 0.0556. The van der Waals surface area contributed by atoms with Gasteiger partial charge in [-0.05, 0) is 41.5 Å². The Balaban J connectivity index is 2.22. The minimum absolute atomic E-state index is 0.632. The van der Waals surface area contributed by atoms with Crippen LogP contribution in [-0.2, 0) is 5.60 Å². The number of aromatic nitrogens is 1. The van der Waals surface area contributed by atoms with E-state index in [-0.39, 0.29) is 0 Å². The second-order valence-corrected chi connectivity index (χ2v) is 6.32. The van der Waals surface area contributed by atoms with Crippen LogP contribution in [0.4, 0.5) is 0 Å². The van der Waals surface area contributed by atoms with Gasteiger partial charge in [0.1, 0.15) is 5.60 Å². The number of pyridine rings is 1. The first-order chi connectivity index (χ1) is 10.6. The van der Waals surface area contributed by atoms with Gasteiger partial charge in [-0.1, -0.05) is 57.9 Å². The molecule has 2 aromatic carbocycles. The van der Waals surface area contributed by atoms with E-state index in [2.05, 4.69) is 20.9 Å². The third-order valence-electron chi connectivity index (χ3n) is 3.60. The Hall–Kier alpha value is -1.68. The Bertz CT molecular complexity index is 712. The van der Waals surface area contributed by atoms with E-state index < -0.39 is 5.60 Å². The van der Waals surface area contributed by atoms with Crippen LogP contribution in [0.2, 0.25) is 5.02 Å². The first-order valence-electron chi connectivity index (χ1n) is 6.75. The second-order valence-electron chi connectivity index (χ2n) is 4.97. The van der Waals surface area contributed by atoms with Crippen molar-refractivity contribution < 1.29 is 5.11 Å². The summed E-state index contributed by atoms with van der Waals surface area (Å²) >= 11 is 9.40.